The molecule has 2 heterocycles. The van der Waals surface area contributed by atoms with E-state index in [4.69, 9.17) is 14.2 Å². The first-order valence-electron chi connectivity index (χ1n) is 12.4. The zero-order valence-electron chi connectivity index (χ0n) is 20.4. The quantitative estimate of drug-likeness (QED) is 0.271. The van der Waals surface area contributed by atoms with Crippen LogP contribution in [0.15, 0.2) is 54.6 Å². The average Bonchev–Trinajstić information content (AvgIpc) is 3.65. The van der Waals surface area contributed by atoms with Crippen molar-refractivity contribution in [1.29, 1.82) is 0 Å². The molecule has 2 aromatic rings. The Bertz CT molecular complexity index is 1460. The first kappa shape index (κ1) is 24.1. The minimum absolute atomic E-state index is 0.0367. The summed E-state index contributed by atoms with van der Waals surface area (Å²) in [5.41, 5.74) is 0.522. The molecule has 1 saturated carbocycles. The third-order valence-corrected chi connectivity index (χ3v) is 7.58. The Morgan fingerprint density at radius 2 is 1.97 bits per heavy atom. The molecule has 4 aliphatic rings. The zero-order chi connectivity index (χ0) is 26.3. The lowest BCUT2D eigenvalue weighted by Gasteiger charge is -2.43. The number of hydrogen-bond donors (Lipinski definition) is 1. The third-order valence-electron chi connectivity index (χ3n) is 7.58. The second kappa shape index (κ2) is 9.21. The van der Waals surface area contributed by atoms with E-state index in [2.05, 4.69) is 23.7 Å². The topological polar surface area (TPSA) is 115 Å². The number of nitrogens with zero attached hydrogens (tertiary/aromatic N) is 2. The van der Waals surface area contributed by atoms with Gasteiger partial charge in [0.2, 0.25) is 0 Å². The summed E-state index contributed by atoms with van der Waals surface area (Å²) in [6, 6.07) is 10.7. The van der Waals surface area contributed by atoms with Gasteiger partial charge in [-0.15, -0.1) is 0 Å². The smallest absolute Gasteiger partial charge is 0.415 e. The van der Waals surface area contributed by atoms with Crippen molar-refractivity contribution < 1.29 is 29.0 Å². The summed E-state index contributed by atoms with van der Waals surface area (Å²) in [6.45, 7) is -0.0454. The molecular weight excluding hydrogens is 488 g/mol. The van der Waals surface area contributed by atoms with Crippen molar-refractivity contribution in [2.24, 2.45) is 5.92 Å². The number of nitro benzene ring substituents is 1. The predicted octanol–water partition coefficient (Wildman–Crippen LogP) is 3.83. The molecule has 0 aromatic heterocycles. The van der Waals surface area contributed by atoms with Gasteiger partial charge < -0.3 is 19.3 Å². The highest BCUT2D eigenvalue weighted by Crippen LogP contribution is 2.72. The van der Waals surface area contributed by atoms with Gasteiger partial charge in [-0.25, -0.2) is 4.79 Å². The van der Waals surface area contributed by atoms with Crippen molar-refractivity contribution in [2.45, 2.75) is 43.1 Å². The molecule has 9 nitrogen and oxygen atoms in total. The fourth-order valence-corrected chi connectivity index (χ4v) is 5.97. The minimum Gasteiger partial charge on any atom is -0.491 e. The zero-order valence-corrected chi connectivity index (χ0v) is 20.4. The van der Waals surface area contributed by atoms with E-state index >= 15 is 0 Å². The highest BCUT2D eigenvalue weighted by Gasteiger charge is 2.81. The highest BCUT2D eigenvalue weighted by molar-refractivity contribution is 5.93. The summed E-state index contributed by atoms with van der Waals surface area (Å²) in [5, 5.41) is 20.2. The predicted molar refractivity (Wildman–Crippen MR) is 136 cm³/mol. The Balaban J connectivity index is 1.40. The molecule has 0 spiro atoms. The number of benzene rings is 2. The van der Waals surface area contributed by atoms with Crippen LogP contribution in [0.5, 0.6) is 5.75 Å². The van der Waals surface area contributed by atoms with Crippen LogP contribution in [0.3, 0.4) is 0 Å². The number of rotatable bonds is 6. The van der Waals surface area contributed by atoms with Crippen molar-refractivity contribution >= 4 is 17.5 Å². The van der Waals surface area contributed by atoms with Crippen molar-refractivity contribution in [1.82, 2.24) is 0 Å². The molecule has 1 saturated heterocycles. The molecule has 1 amide bonds. The van der Waals surface area contributed by atoms with Gasteiger partial charge in [0.25, 0.3) is 5.69 Å². The van der Waals surface area contributed by atoms with E-state index in [0.29, 0.717) is 23.4 Å². The van der Waals surface area contributed by atoms with Crippen LogP contribution >= 0.6 is 0 Å². The van der Waals surface area contributed by atoms with Gasteiger partial charge >= 0.3 is 6.09 Å². The lowest BCUT2D eigenvalue weighted by molar-refractivity contribution is -0.384. The molecule has 4 atom stereocenters. The van der Waals surface area contributed by atoms with Crippen molar-refractivity contribution in [3.8, 4) is 29.4 Å². The van der Waals surface area contributed by atoms with Gasteiger partial charge in [0.05, 0.1) is 23.1 Å². The second-order valence-corrected chi connectivity index (χ2v) is 9.58. The van der Waals surface area contributed by atoms with Crippen molar-refractivity contribution in [2.75, 3.05) is 18.1 Å². The molecule has 0 unspecified atom stereocenters. The van der Waals surface area contributed by atoms with Gasteiger partial charge in [0.1, 0.15) is 36.2 Å². The standard InChI is InChI=1S/C29H24N2O7/c32-16-17-36-23-13-14-25-24(18-23)29-21-6-3-1-2-4-8-26(28(29,38-29)15-5-7-21)30(25)27(33)37-19-20-9-11-22(12-10-20)31(34)35/h1-2,9-14,18,21,26,32H,5,7,15-17,19H2/b2-1-/t21-,26+,28+,29-/m1/s1. The van der Waals surface area contributed by atoms with Gasteiger partial charge in [0.15, 0.2) is 0 Å². The summed E-state index contributed by atoms with van der Waals surface area (Å²) < 4.78 is 18.1. The molecule has 2 fully saturated rings. The number of carbonyl (C=O) groups excluding carboxylic acids is 1. The lowest BCUT2D eigenvalue weighted by atomic mass is 9.64. The number of anilines is 1. The molecule has 2 aromatic carbocycles. The molecule has 2 aliphatic carbocycles. The van der Waals surface area contributed by atoms with Crippen molar-refractivity contribution in [3.05, 3.63) is 75.9 Å². The average molecular weight is 513 g/mol. The van der Waals surface area contributed by atoms with Gasteiger partial charge in [-0.3, -0.25) is 15.0 Å². The SMILES string of the molecule is O=C(OCc1ccc([N+](=O)[O-])cc1)N1c2ccc(OCCO)cc2[C@@]23O[C@]24CCC[C@H]3C#C/C=C\C#C[C@H]14. The molecular formula is C29H24N2O7. The third kappa shape index (κ3) is 3.63. The lowest BCUT2D eigenvalue weighted by Crippen LogP contribution is -2.57. The minimum atomic E-state index is -0.738. The Morgan fingerprint density at radius 3 is 2.74 bits per heavy atom. The number of non-ortho nitro benzene ring substituents is 1. The van der Waals surface area contributed by atoms with Gasteiger partial charge in [0, 0.05) is 17.7 Å². The van der Waals surface area contributed by atoms with Crippen molar-refractivity contribution in [3.63, 3.8) is 0 Å². The van der Waals surface area contributed by atoms with Crippen LogP contribution in [0.4, 0.5) is 16.2 Å². The number of aliphatic hydroxyl groups excluding tert-OH is 1. The Kier molecular flexibility index (Phi) is 5.83. The number of aliphatic hydroxyl groups is 1. The summed E-state index contributed by atoms with van der Waals surface area (Å²) in [6.07, 6.45) is 5.24. The molecule has 0 radical (unpaired) electrons. The first-order valence-corrected chi connectivity index (χ1v) is 12.4. The fourth-order valence-electron chi connectivity index (χ4n) is 5.97. The molecule has 4 bridgehead atoms. The summed E-state index contributed by atoms with van der Waals surface area (Å²) in [4.78, 5) is 25.7. The molecule has 38 heavy (non-hydrogen) atoms. The maximum absolute atomic E-state index is 13.7. The van der Waals surface area contributed by atoms with E-state index in [-0.39, 0.29) is 31.4 Å². The number of ether oxygens (including phenoxy) is 3. The number of allylic oxidation sites excluding steroid dienone is 2. The molecule has 2 aliphatic heterocycles. The molecule has 1 N–H and O–H groups in total. The van der Waals surface area contributed by atoms with Crippen LogP contribution in [0, 0.1) is 39.7 Å². The van der Waals surface area contributed by atoms with E-state index < -0.39 is 28.3 Å². The van der Waals surface area contributed by atoms with Crippen LogP contribution in [-0.2, 0) is 21.7 Å². The van der Waals surface area contributed by atoms with Crippen LogP contribution in [-0.4, -0.2) is 41.0 Å². The molecule has 9 heteroatoms. The monoisotopic (exact) mass is 512 g/mol. The maximum Gasteiger partial charge on any atom is 0.415 e. The summed E-state index contributed by atoms with van der Waals surface area (Å²) >= 11 is 0. The van der Waals surface area contributed by atoms with E-state index in [9.17, 15) is 20.0 Å². The maximum atomic E-state index is 13.7. The number of hydrogen-bond acceptors (Lipinski definition) is 7. The van der Waals surface area contributed by atoms with Crippen LogP contribution in [0.25, 0.3) is 0 Å². The fraction of sp³-hybridized carbons (Fsp3) is 0.345. The Labute approximate surface area is 219 Å². The van der Waals surface area contributed by atoms with Crippen LogP contribution in [0.2, 0.25) is 0 Å². The number of amides is 1. The van der Waals surface area contributed by atoms with E-state index in [1.807, 2.05) is 6.07 Å². The normalized spacial score (nSPS) is 28.2. The van der Waals surface area contributed by atoms with Gasteiger partial charge in [-0.2, -0.15) is 0 Å². The molecule has 6 rings (SSSR count). The van der Waals surface area contributed by atoms with E-state index in [0.717, 1.165) is 18.4 Å². The second-order valence-electron chi connectivity index (χ2n) is 9.58. The number of nitro groups is 1. The van der Waals surface area contributed by atoms with E-state index in [1.54, 1.807) is 41.3 Å². The van der Waals surface area contributed by atoms with E-state index in [1.165, 1.54) is 12.1 Å². The number of carbonyl (C=O) groups is 1. The summed E-state index contributed by atoms with van der Waals surface area (Å²) in [5.74, 6) is 13.2. The first-order chi connectivity index (χ1) is 18.5. The van der Waals surface area contributed by atoms with Gasteiger partial charge in [-0.05, 0) is 67.3 Å². The number of epoxide rings is 1. The van der Waals surface area contributed by atoms with Crippen LogP contribution in [0.1, 0.15) is 30.4 Å². The Morgan fingerprint density at radius 1 is 1.18 bits per heavy atom. The van der Waals surface area contributed by atoms with Crippen LogP contribution < -0.4 is 9.64 Å². The van der Waals surface area contributed by atoms with Gasteiger partial charge in [-0.1, -0.05) is 23.7 Å². The largest absolute Gasteiger partial charge is 0.491 e. The Hall–Kier alpha value is -4.31. The molecule has 192 valence electrons. The highest BCUT2D eigenvalue weighted by atomic mass is 16.6. The number of fused-ring (bicyclic) bond motifs is 1. The summed E-state index contributed by atoms with van der Waals surface area (Å²) in [7, 11) is 0.